The molecule has 230 valence electrons. The van der Waals surface area contributed by atoms with Gasteiger partial charge in [-0.05, 0) is 75.5 Å². The molecular weight excluding hydrogens is 600 g/mol. The molecule has 0 saturated heterocycles. The van der Waals surface area contributed by atoms with Crippen LogP contribution in [-0.4, -0.2) is 36.8 Å². The third-order valence-corrected chi connectivity index (χ3v) is 9.55. The molecule has 2 N–H and O–H groups in total. The summed E-state index contributed by atoms with van der Waals surface area (Å²) in [6, 6.07) is 25.7. The van der Waals surface area contributed by atoms with Gasteiger partial charge in [-0.2, -0.15) is 0 Å². The number of nitrogens with zero attached hydrogens (tertiary/aromatic N) is 1. The smallest absolute Gasteiger partial charge is 0.338 e. The van der Waals surface area contributed by atoms with Crippen LogP contribution in [-0.2, 0) is 19.1 Å². The first-order valence-electron chi connectivity index (χ1n) is 15.0. The van der Waals surface area contributed by atoms with E-state index < -0.39 is 23.4 Å². The minimum absolute atomic E-state index is 0.00301. The molecule has 0 saturated carbocycles. The van der Waals surface area contributed by atoms with Crippen molar-refractivity contribution in [2.24, 2.45) is 5.73 Å². The molecule has 0 amide bonds. The SMILES string of the molecule is CCOC(=O)C1=C(N)n2c(s/c(=C/c3ccc4ccc5cccc6ccc3c4c56)c2=O)=C(C(=O)OCC)C1c1ccc(OC)cc1. The van der Waals surface area contributed by atoms with E-state index in [4.69, 9.17) is 19.9 Å². The highest BCUT2D eigenvalue weighted by molar-refractivity contribution is 7.07. The van der Waals surface area contributed by atoms with Crippen LogP contribution in [0.4, 0.5) is 0 Å². The van der Waals surface area contributed by atoms with E-state index in [-0.39, 0.29) is 30.2 Å². The van der Waals surface area contributed by atoms with E-state index in [1.54, 1.807) is 45.2 Å². The summed E-state index contributed by atoms with van der Waals surface area (Å²) in [7, 11) is 1.55. The van der Waals surface area contributed by atoms with Crippen LogP contribution < -0.4 is 25.2 Å². The molecule has 1 unspecified atom stereocenters. The number of esters is 2. The molecule has 1 aliphatic rings. The normalized spacial score (nSPS) is 15.2. The predicted octanol–water partition coefficient (Wildman–Crippen LogP) is 4.85. The van der Waals surface area contributed by atoms with Crippen LogP contribution in [0.3, 0.4) is 0 Å². The number of aromatic nitrogens is 1. The van der Waals surface area contributed by atoms with Gasteiger partial charge in [-0.25, -0.2) is 9.59 Å². The molecule has 8 nitrogen and oxygen atoms in total. The van der Waals surface area contributed by atoms with E-state index in [0.717, 1.165) is 43.8 Å². The highest BCUT2D eigenvalue weighted by atomic mass is 32.1. The molecule has 0 spiro atoms. The molecule has 0 aliphatic carbocycles. The maximum atomic E-state index is 14.2. The number of carbonyl (C=O) groups excluding carboxylic acids is 2. The maximum absolute atomic E-state index is 14.2. The molecule has 1 aliphatic heterocycles. The Morgan fingerprint density at radius 2 is 1.43 bits per heavy atom. The maximum Gasteiger partial charge on any atom is 0.338 e. The van der Waals surface area contributed by atoms with Crippen molar-refractivity contribution < 1.29 is 23.8 Å². The number of methoxy groups -OCH3 is 1. The Labute approximate surface area is 267 Å². The lowest BCUT2D eigenvalue weighted by Crippen LogP contribution is -2.42. The summed E-state index contributed by atoms with van der Waals surface area (Å²) in [5, 5.41) is 6.67. The molecular formula is C37H30N2O6S. The predicted molar refractivity (Wildman–Crippen MR) is 181 cm³/mol. The van der Waals surface area contributed by atoms with E-state index >= 15 is 0 Å². The van der Waals surface area contributed by atoms with Crippen molar-refractivity contribution in [3.05, 3.63) is 115 Å². The number of carbonyl (C=O) groups is 2. The van der Waals surface area contributed by atoms with Gasteiger partial charge in [0.2, 0.25) is 0 Å². The number of ether oxygens (including phenoxy) is 3. The number of thiazole rings is 1. The topological polar surface area (TPSA) is 110 Å². The zero-order chi connectivity index (χ0) is 32.1. The van der Waals surface area contributed by atoms with E-state index in [1.807, 2.05) is 24.3 Å². The van der Waals surface area contributed by atoms with Gasteiger partial charge in [-0.1, -0.05) is 66.7 Å². The van der Waals surface area contributed by atoms with Gasteiger partial charge >= 0.3 is 11.9 Å². The van der Waals surface area contributed by atoms with Crippen LogP contribution in [0.2, 0.25) is 0 Å². The minimum atomic E-state index is -0.940. The van der Waals surface area contributed by atoms with Gasteiger partial charge in [0.25, 0.3) is 5.56 Å². The van der Waals surface area contributed by atoms with E-state index in [0.29, 0.717) is 20.5 Å². The number of hydrogen-bond acceptors (Lipinski definition) is 8. The summed E-state index contributed by atoms with van der Waals surface area (Å²) in [4.78, 5) is 41.4. The lowest BCUT2D eigenvalue weighted by molar-refractivity contribution is -0.138. The van der Waals surface area contributed by atoms with E-state index in [1.165, 1.54) is 9.95 Å². The molecule has 2 heterocycles. The van der Waals surface area contributed by atoms with Crippen LogP contribution in [0.1, 0.15) is 30.9 Å². The molecule has 0 radical (unpaired) electrons. The molecule has 1 atom stereocenters. The van der Waals surface area contributed by atoms with Gasteiger partial charge in [0.15, 0.2) is 0 Å². The number of rotatable bonds is 7. The van der Waals surface area contributed by atoms with Crippen molar-refractivity contribution in [2.45, 2.75) is 19.8 Å². The summed E-state index contributed by atoms with van der Waals surface area (Å²) in [5.74, 6) is -1.79. The summed E-state index contributed by atoms with van der Waals surface area (Å²) >= 11 is 1.14. The zero-order valence-electron chi connectivity index (χ0n) is 25.5. The fourth-order valence-corrected chi connectivity index (χ4v) is 7.57. The Kier molecular flexibility index (Phi) is 7.33. The number of benzene rings is 5. The Morgan fingerprint density at radius 1 is 0.826 bits per heavy atom. The number of nitrogens with two attached hydrogens (primary N) is 1. The molecule has 1 aromatic heterocycles. The van der Waals surface area contributed by atoms with Crippen LogP contribution in [0.5, 0.6) is 5.75 Å². The molecule has 5 aromatic carbocycles. The van der Waals surface area contributed by atoms with E-state index in [2.05, 4.69) is 36.4 Å². The second-order valence-corrected chi connectivity index (χ2v) is 12.0. The number of fused-ring (bicyclic) bond motifs is 1. The average Bonchev–Trinajstić information content (AvgIpc) is 3.39. The van der Waals surface area contributed by atoms with Crippen molar-refractivity contribution in [2.75, 3.05) is 20.3 Å². The lowest BCUT2D eigenvalue weighted by Gasteiger charge is -2.27. The summed E-state index contributed by atoms with van der Waals surface area (Å²) in [6.45, 7) is 3.57. The molecule has 6 aromatic rings. The first-order chi connectivity index (χ1) is 22.4. The average molecular weight is 631 g/mol. The van der Waals surface area contributed by atoms with Crippen molar-refractivity contribution in [1.82, 2.24) is 4.57 Å². The molecule has 0 bridgehead atoms. The molecule has 0 fully saturated rings. The molecule has 9 heteroatoms. The summed E-state index contributed by atoms with van der Waals surface area (Å²) in [5.41, 5.74) is 7.82. The Balaban J connectivity index is 1.54. The zero-order valence-corrected chi connectivity index (χ0v) is 26.3. The van der Waals surface area contributed by atoms with Gasteiger partial charge in [0.05, 0.1) is 41.9 Å². The van der Waals surface area contributed by atoms with Crippen LogP contribution in [0, 0.1) is 0 Å². The third-order valence-electron chi connectivity index (χ3n) is 8.44. The Bertz CT molecular complexity index is 2390. The fraction of sp³-hybridized carbons (Fsp3) is 0.162. The number of hydrogen-bond donors (Lipinski definition) is 1. The first kappa shape index (κ1) is 29.3. The standard InChI is InChI=1S/C37H30N2O6S/c1-4-44-36(41)31-30(23-13-16-25(43-3)17-14-23)32(37(42)45-5-2)35-39(33(31)38)34(40)27(46-35)19-24-12-11-22-10-9-20-7-6-8-21-15-18-26(24)29(22)28(20)21/h6-19,30H,4-5,38H2,1-3H3/b27-19+. The third kappa shape index (κ3) is 4.54. The van der Waals surface area contributed by atoms with E-state index in [9.17, 15) is 14.4 Å². The monoisotopic (exact) mass is 630 g/mol. The second kappa shape index (κ2) is 11.5. The van der Waals surface area contributed by atoms with Gasteiger partial charge in [0.1, 0.15) is 16.2 Å². The van der Waals surface area contributed by atoms with Crippen molar-refractivity contribution >= 4 is 73.1 Å². The van der Waals surface area contributed by atoms with Gasteiger partial charge in [0, 0.05) is 0 Å². The highest BCUT2D eigenvalue weighted by Gasteiger charge is 2.40. The van der Waals surface area contributed by atoms with Gasteiger partial charge < -0.3 is 19.9 Å². The van der Waals surface area contributed by atoms with Crippen molar-refractivity contribution in [3.63, 3.8) is 0 Å². The molecule has 7 rings (SSSR count). The quantitative estimate of drug-likeness (QED) is 0.199. The van der Waals surface area contributed by atoms with Crippen molar-refractivity contribution in [1.29, 1.82) is 0 Å². The van der Waals surface area contributed by atoms with Crippen LogP contribution in [0.15, 0.2) is 89.2 Å². The fourth-order valence-electron chi connectivity index (χ4n) is 6.42. The van der Waals surface area contributed by atoms with Gasteiger partial charge in [-0.3, -0.25) is 9.36 Å². The summed E-state index contributed by atoms with van der Waals surface area (Å²) in [6.07, 6.45) is 1.83. The first-order valence-corrected chi connectivity index (χ1v) is 15.8. The Morgan fingerprint density at radius 3 is 2.09 bits per heavy atom. The lowest BCUT2D eigenvalue weighted by atomic mass is 9.83. The Hall–Kier alpha value is -5.41. The van der Waals surface area contributed by atoms with Crippen LogP contribution in [0.25, 0.3) is 49.8 Å². The second-order valence-electron chi connectivity index (χ2n) is 10.9. The largest absolute Gasteiger partial charge is 0.497 e. The van der Waals surface area contributed by atoms with Gasteiger partial charge in [-0.15, -0.1) is 11.3 Å². The van der Waals surface area contributed by atoms with Crippen LogP contribution >= 0.6 is 11.3 Å². The minimum Gasteiger partial charge on any atom is -0.497 e. The van der Waals surface area contributed by atoms with Crippen molar-refractivity contribution in [3.8, 4) is 5.75 Å². The molecule has 46 heavy (non-hydrogen) atoms. The highest BCUT2D eigenvalue weighted by Crippen LogP contribution is 2.39. The summed E-state index contributed by atoms with van der Waals surface area (Å²) < 4.78 is 18.2.